The van der Waals surface area contributed by atoms with Crippen LogP contribution < -0.4 is 23.3 Å². The van der Waals surface area contributed by atoms with E-state index in [4.69, 9.17) is 18.6 Å². The summed E-state index contributed by atoms with van der Waals surface area (Å²) in [6, 6.07) is 18.6. The lowest BCUT2D eigenvalue weighted by Crippen LogP contribution is -2.68. The van der Waals surface area contributed by atoms with Crippen LogP contribution in [-0.2, 0) is 7.05 Å². The summed E-state index contributed by atoms with van der Waals surface area (Å²) in [5.41, 5.74) is 4.43. The maximum atomic E-state index is 8.49. The highest BCUT2D eigenvalue weighted by molar-refractivity contribution is 5.57. The van der Waals surface area contributed by atoms with Gasteiger partial charge in [0.15, 0.2) is 6.20 Å². The molecule has 0 spiro atoms. The van der Waals surface area contributed by atoms with Crippen LogP contribution in [0.3, 0.4) is 0 Å². The molecular weight excluding hydrogens is 334 g/mol. The molecule has 0 unspecified atom stereocenters. The Hall–Kier alpha value is -2.29. The van der Waals surface area contributed by atoms with Crippen LogP contribution in [0.25, 0.3) is 16.9 Å². The minimum Gasteiger partial charge on any atom is -0.222 e. The third-order valence-electron chi connectivity index (χ3n) is 3.14. The fourth-order valence-electron chi connectivity index (χ4n) is 2.09. The first kappa shape index (κ1) is 18.1. The van der Waals surface area contributed by atoms with Crippen molar-refractivity contribution in [1.82, 2.24) is 9.90 Å². The summed E-state index contributed by atoms with van der Waals surface area (Å²) in [5.74, 6) is 0. The molecule has 0 saturated carbocycles. The van der Waals surface area contributed by atoms with Crippen molar-refractivity contribution < 1.29 is 33.6 Å². The smallest absolute Gasteiger partial charge is 0.222 e. The highest BCUT2D eigenvalue weighted by atomic mass is 35.7. The second-order valence-electron chi connectivity index (χ2n) is 5.06. The molecule has 1 heterocycles. The number of nitrogens with zero attached hydrogens (tertiary/aromatic N) is 3. The van der Waals surface area contributed by atoms with E-state index in [2.05, 4.69) is 36.3 Å². The average Bonchev–Trinajstić information content (AvgIpc) is 2.89. The van der Waals surface area contributed by atoms with Gasteiger partial charge >= 0.3 is 0 Å². The molecule has 0 N–H and O–H groups in total. The summed E-state index contributed by atoms with van der Waals surface area (Å²) in [6.07, 6.45) is 2.04. The number of benzene rings is 2. The Bertz CT molecular complexity index is 777. The van der Waals surface area contributed by atoms with E-state index in [1.54, 1.807) is 0 Å². The van der Waals surface area contributed by atoms with Gasteiger partial charge in [-0.3, -0.25) is 0 Å². The molecule has 0 fully saturated rings. The Balaban J connectivity index is 0.000000368. The normalized spacial score (nSPS) is 10.9. The van der Waals surface area contributed by atoms with E-state index >= 15 is 0 Å². The fourth-order valence-corrected chi connectivity index (χ4v) is 2.09. The monoisotopic (exact) mass is 349 g/mol. The Morgan fingerprint density at radius 1 is 0.917 bits per heavy atom. The van der Waals surface area contributed by atoms with Crippen molar-refractivity contribution >= 4 is 0 Å². The first-order chi connectivity index (χ1) is 11.2. The average molecular weight is 350 g/mol. The Morgan fingerprint density at radius 2 is 1.46 bits per heavy atom. The molecule has 24 heavy (non-hydrogen) atoms. The quantitative estimate of drug-likeness (QED) is 0.492. The largest absolute Gasteiger partial charge is 0.249 e. The van der Waals surface area contributed by atoms with Gasteiger partial charge in [0.2, 0.25) is 5.69 Å². The SMILES string of the molecule is Cc1ccc(-c2c[n+](C)n(-c3ccccc3)n2)cc1.[O-][Cl+3]([O-])([O-])[O-]. The lowest BCUT2D eigenvalue weighted by molar-refractivity contribution is -2.00. The Morgan fingerprint density at radius 3 is 2.00 bits per heavy atom. The predicted octanol–water partition coefficient (Wildman–Crippen LogP) is -2.08. The van der Waals surface area contributed by atoms with E-state index in [0.717, 1.165) is 16.9 Å². The van der Waals surface area contributed by atoms with Crippen LogP contribution in [0.4, 0.5) is 0 Å². The maximum absolute atomic E-state index is 8.49. The van der Waals surface area contributed by atoms with Gasteiger partial charge in [-0.2, -0.15) is 4.68 Å². The lowest BCUT2D eigenvalue weighted by Gasteiger charge is -2.17. The summed E-state index contributed by atoms with van der Waals surface area (Å²) in [7, 11) is -2.95. The van der Waals surface area contributed by atoms with Crippen molar-refractivity contribution in [3.05, 3.63) is 66.4 Å². The van der Waals surface area contributed by atoms with Crippen molar-refractivity contribution in [1.29, 1.82) is 0 Å². The molecule has 0 amide bonds. The molecule has 0 radical (unpaired) electrons. The van der Waals surface area contributed by atoms with Crippen molar-refractivity contribution in [3.63, 3.8) is 0 Å². The first-order valence-corrected chi connectivity index (χ1v) is 8.17. The first-order valence-electron chi connectivity index (χ1n) is 6.94. The summed E-state index contributed by atoms with van der Waals surface area (Å²) >= 11 is 0. The van der Waals surface area contributed by atoms with E-state index < -0.39 is 10.2 Å². The summed E-state index contributed by atoms with van der Waals surface area (Å²) in [5, 5.41) is 4.66. The molecular formula is C16H16ClN3O4. The molecule has 7 nitrogen and oxygen atoms in total. The standard InChI is InChI=1S/C16H16N3.ClHO4/c1-13-8-10-14(11-9-13)16-12-18(2)19(17-16)15-6-4-3-5-7-15;2-1(3,4)5/h3-12H,1-2H3;(H,2,3,4,5)/q+1;/p-1. The highest BCUT2D eigenvalue weighted by Gasteiger charge is 2.16. The van der Waals surface area contributed by atoms with Crippen LogP contribution in [0.5, 0.6) is 0 Å². The third kappa shape index (κ3) is 5.41. The molecule has 0 aliphatic carbocycles. The molecule has 3 aromatic rings. The maximum Gasteiger partial charge on any atom is 0.249 e. The van der Waals surface area contributed by atoms with Crippen LogP contribution in [0.1, 0.15) is 5.56 Å². The van der Waals surface area contributed by atoms with Gasteiger partial charge in [0.05, 0.1) is 5.10 Å². The second kappa shape index (κ2) is 7.52. The van der Waals surface area contributed by atoms with Crippen LogP contribution in [0.2, 0.25) is 0 Å². The van der Waals surface area contributed by atoms with Crippen LogP contribution in [0, 0.1) is 17.2 Å². The summed E-state index contributed by atoms with van der Waals surface area (Å²) in [6.45, 7) is 2.09. The fraction of sp³-hybridized carbons (Fsp3) is 0.125. The number of halogens is 1. The molecule has 0 aliphatic heterocycles. The van der Waals surface area contributed by atoms with E-state index in [1.165, 1.54) is 5.56 Å². The van der Waals surface area contributed by atoms with Gasteiger partial charge in [-0.15, -0.1) is 10.2 Å². The van der Waals surface area contributed by atoms with E-state index in [0.29, 0.717) is 0 Å². The minimum atomic E-state index is -4.94. The van der Waals surface area contributed by atoms with Gasteiger partial charge in [-0.25, -0.2) is 18.6 Å². The Kier molecular flexibility index (Phi) is 5.66. The van der Waals surface area contributed by atoms with Gasteiger partial charge < -0.3 is 0 Å². The molecule has 2 aromatic carbocycles. The van der Waals surface area contributed by atoms with Crippen LogP contribution in [0.15, 0.2) is 60.8 Å². The number of aromatic nitrogens is 3. The highest BCUT2D eigenvalue weighted by Crippen LogP contribution is 2.16. The van der Waals surface area contributed by atoms with Crippen LogP contribution in [-0.4, -0.2) is 9.90 Å². The number of aryl methyl sites for hydroxylation is 2. The van der Waals surface area contributed by atoms with Crippen molar-refractivity contribution in [3.8, 4) is 16.9 Å². The van der Waals surface area contributed by atoms with Crippen molar-refractivity contribution in [2.45, 2.75) is 6.92 Å². The number of hydrogen-bond acceptors (Lipinski definition) is 5. The number of para-hydroxylation sites is 1. The van der Waals surface area contributed by atoms with Gasteiger partial charge in [0.1, 0.15) is 12.7 Å². The van der Waals surface area contributed by atoms with Crippen molar-refractivity contribution in [2.24, 2.45) is 7.05 Å². The molecule has 3 rings (SSSR count). The predicted molar refractivity (Wildman–Crippen MR) is 74.9 cm³/mol. The van der Waals surface area contributed by atoms with Gasteiger partial charge in [-0.05, 0) is 23.9 Å². The molecule has 0 saturated heterocycles. The van der Waals surface area contributed by atoms with Crippen molar-refractivity contribution in [2.75, 3.05) is 0 Å². The molecule has 8 heteroatoms. The van der Waals surface area contributed by atoms with E-state index in [-0.39, 0.29) is 0 Å². The second-order valence-corrected chi connectivity index (χ2v) is 5.81. The number of hydrogen-bond donors (Lipinski definition) is 0. The third-order valence-corrected chi connectivity index (χ3v) is 3.14. The molecule has 126 valence electrons. The summed E-state index contributed by atoms with van der Waals surface area (Å²) < 4.78 is 36.0. The van der Waals surface area contributed by atoms with Gasteiger partial charge in [0, 0.05) is 5.56 Å². The zero-order valence-electron chi connectivity index (χ0n) is 13.1. The topological polar surface area (TPSA) is 114 Å². The van der Waals surface area contributed by atoms with Gasteiger partial charge in [-0.1, -0.05) is 48.0 Å². The van der Waals surface area contributed by atoms with Crippen LogP contribution >= 0.6 is 0 Å². The van der Waals surface area contributed by atoms with Gasteiger partial charge in [0.25, 0.3) is 0 Å². The van der Waals surface area contributed by atoms with E-state index in [1.807, 2.05) is 53.1 Å². The lowest BCUT2D eigenvalue weighted by atomic mass is 10.1. The Labute approximate surface area is 141 Å². The minimum absolute atomic E-state index is 0.978. The summed E-state index contributed by atoms with van der Waals surface area (Å²) in [4.78, 5) is 1.90. The zero-order valence-corrected chi connectivity index (χ0v) is 13.9. The zero-order chi connectivity index (χ0) is 17.7. The molecule has 0 bridgehead atoms. The number of rotatable bonds is 2. The molecule has 1 aromatic heterocycles. The molecule has 0 atom stereocenters. The van der Waals surface area contributed by atoms with E-state index in [9.17, 15) is 0 Å². The molecule has 0 aliphatic rings.